The Morgan fingerprint density at radius 2 is 1.51 bits per heavy atom. The van der Waals surface area contributed by atoms with Gasteiger partial charge >= 0.3 is 106 Å². The van der Waals surface area contributed by atoms with Crippen LogP contribution in [0.25, 0.3) is 61.4 Å². The van der Waals surface area contributed by atoms with E-state index in [0.717, 1.165) is 72.5 Å². The summed E-state index contributed by atoms with van der Waals surface area (Å²) in [6.07, 6.45) is 2.04. The van der Waals surface area contributed by atoms with E-state index in [2.05, 4.69) is 108 Å². The molecule has 49 heavy (non-hydrogen) atoms. The van der Waals surface area contributed by atoms with Crippen molar-refractivity contribution in [1.82, 2.24) is 19.5 Å². The maximum atomic E-state index is 6.35. The van der Waals surface area contributed by atoms with Crippen LogP contribution in [0.5, 0.6) is 0 Å². The van der Waals surface area contributed by atoms with E-state index in [1.165, 1.54) is 9.96 Å². The topological polar surface area (TPSA) is 56.7 Å². The maximum absolute atomic E-state index is 6.35. The molecule has 0 saturated carbocycles. The molecule has 5 nitrogen and oxygen atoms in total. The van der Waals surface area contributed by atoms with Crippen molar-refractivity contribution >= 4 is 50.8 Å². The van der Waals surface area contributed by atoms with Crippen LogP contribution >= 0.6 is 0 Å². The van der Waals surface area contributed by atoms with Gasteiger partial charge in [-0.1, -0.05) is 48.2 Å². The van der Waals surface area contributed by atoms with E-state index < -0.39 is 13.3 Å². The number of furan rings is 1. The molecule has 4 aromatic heterocycles. The SMILES string of the molecule is Cc1c[c-]c(-c2cc[c]([Ge]([CH3])([CH3])[CH3])cn2)cc1.Cc1cc2c(nc1C)oc1c(-c3nc4ccccc4n3-c3ccccc3)[c-]cc(C)c12.[Ir]. The first-order chi connectivity index (χ1) is 23.1. The molecule has 0 aliphatic rings. The van der Waals surface area contributed by atoms with Gasteiger partial charge in [-0.2, -0.15) is 0 Å². The molecule has 0 fully saturated rings. The largest absolute Gasteiger partial charge is 0.486 e. The molecule has 247 valence electrons. The van der Waals surface area contributed by atoms with Crippen molar-refractivity contribution in [1.29, 1.82) is 0 Å². The van der Waals surface area contributed by atoms with E-state index in [4.69, 9.17) is 14.4 Å². The number of rotatable bonds is 4. The van der Waals surface area contributed by atoms with Crippen LogP contribution in [0.3, 0.4) is 0 Å². The molecule has 4 aromatic carbocycles. The molecule has 8 rings (SSSR count). The number of aromatic nitrogens is 4. The van der Waals surface area contributed by atoms with Gasteiger partial charge in [-0.15, -0.1) is 17.7 Å². The zero-order valence-electron chi connectivity index (χ0n) is 28.8. The summed E-state index contributed by atoms with van der Waals surface area (Å²) in [7, 11) is 0. The summed E-state index contributed by atoms with van der Waals surface area (Å²) in [6.45, 7) is 8.26. The van der Waals surface area contributed by atoms with E-state index in [0.29, 0.717) is 5.71 Å². The summed E-state index contributed by atoms with van der Waals surface area (Å²) in [4.78, 5) is 14.3. The molecule has 0 amide bonds. The second kappa shape index (κ2) is 13.9. The van der Waals surface area contributed by atoms with Gasteiger partial charge < -0.3 is 8.98 Å². The van der Waals surface area contributed by atoms with E-state index in [9.17, 15) is 0 Å². The summed E-state index contributed by atoms with van der Waals surface area (Å²) >= 11 is -1.73. The van der Waals surface area contributed by atoms with Gasteiger partial charge in [0.1, 0.15) is 0 Å². The Morgan fingerprint density at radius 1 is 0.755 bits per heavy atom. The summed E-state index contributed by atoms with van der Waals surface area (Å²) in [5.74, 6) is 7.96. The smallest absolute Gasteiger partial charge is 0.216 e. The fourth-order valence-electron chi connectivity index (χ4n) is 5.95. The van der Waals surface area contributed by atoms with Crippen LogP contribution in [0, 0.1) is 39.8 Å². The van der Waals surface area contributed by atoms with Gasteiger partial charge in [-0.05, 0) is 49.7 Å². The molecule has 0 N–H and O–H groups in total. The van der Waals surface area contributed by atoms with Gasteiger partial charge in [-0.25, -0.2) is 4.98 Å². The second-order valence-corrected chi connectivity index (χ2v) is 24.1. The normalized spacial score (nSPS) is 11.4. The first-order valence-electron chi connectivity index (χ1n) is 16.3. The van der Waals surface area contributed by atoms with Gasteiger partial charge in [0.15, 0.2) is 0 Å². The predicted molar refractivity (Wildman–Crippen MR) is 201 cm³/mol. The molecule has 0 saturated heterocycles. The van der Waals surface area contributed by atoms with Crippen LogP contribution < -0.4 is 4.40 Å². The standard InChI is InChI=1S/C27H20N3O.C15H18GeN.Ir/c1-16-13-14-20(25-24(16)21-15-17(2)18(3)28-27(21)31-25)26-29-22-11-7-8-12-23(22)30(26)19-9-5-4-6-10-19;1-12-5-7-13(8-6-12)15-10-9-14(11-17-15)16(2,3)4;/h4-13,15H,1-3H3;5-7,9-11H,1-4H3;/q2*-1;. The number of benzene rings is 4. The van der Waals surface area contributed by atoms with Crippen LogP contribution in [-0.4, -0.2) is 32.8 Å². The average molecular weight is 880 g/mol. The summed E-state index contributed by atoms with van der Waals surface area (Å²) in [5.41, 5.74) is 11.9. The predicted octanol–water partition coefficient (Wildman–Crippen LogP) is 10.1. The maximum Gasteiger partial charge on any atom is 0.216 e. The Balaban J connectivity index is 0.000000198. The summed E-state index contributed by atoms with van der Waals surface area (Å²) in [5, 5.41) is 2.11. The average Bonchev–Trinajstić information content (AvgIpc) is 3.65. The molecule has 4 heterocycles. The van der Waals surface area contributed by atoms with Crippen molar-refractivity contribution in [2.75, 3.05) is 0 Å². The third-order valence-electron chi connectivity index (χ3n) is 8.85. The first-order valence-corrected chi connectivity index (χ1v) is 23.6. The molecule has 1 radical (unpaired) electrons. The van der Waals surface area contributed by atoms with E-state index in [1.54, 1.807) is 0 Å². The monoisotopic (exact) mass is 881 g/mol. The van der Waals surface area contributed by atoms with Crippen LogP contribution in [0.4, 0.5) is 0 Å². The number of fused-ring (bicyclic) bond motifs is 4. The minimum absolute atomic E-state index is 0. The van der Waals surface area contributed by atoms with Crippen molar-refractivity contribution in [2.45, 2.75) is 45.0 Å². The molecule has 0 aliphatic heterocycles. The second-order valence-electron chi connectivity index (χ2n) is 13.5. The van der Waals surface area contributed by atoms with Crippen LogP contribution in [-0.2, 0) is 20.1 Å². The van der Waals surface area contributed by atoms with Crippen LogP contribution in [0.15, 0.2) is 108 Å². The Bertz CT molecular complexity index is 2410. The number of pyridine rings is 2. The summed E-state index contributed by atoms with van der Waals surface area (Å²) < 4.78 is 9.96. The fourth-order valence-corrected chi connectivity index (χ4v) is 8.12. The number of nitrogens with zero attached hydrogens (tertiary/aromatic N) is 4. The van der Waals surface area contributed by atoms with E-state index >= 15 is 0 Å². The molecule has 7 heteroatoms. The van der Waals surface area contributed by atoms with Gasteiger partial charge in [0.05, 0.1) is 22.4 Å². The van der Waals surface area contributed by atoms with Crippen LogP contribution in [0.2, 0.25) is 17.3 Å². The fraction of sp³-hybridized carbons (Fsp3) is 0.167. The number of hydrogen-bond donors (Lipinski definition) is 0. The molecule has 0 unspecified atom stereocenters. The number of aryl methyl sites for hydroxylation is 4. The molecule has 0 bridgehead atoms. The number of hydrogen-bond acceptors (Lipinski definition) is 4. The zero-order chi connectivity index (χ0) is 33.6. The van der Waals surface area contributed by atoms with Crippen molar-refractivity contribution < 1.29 is 24.5 Å². The zero-order valence-corrected chi connectivity index (χ0v) is 33.3. The molecular formula is C42H38GeIrN4O-2. The number of para-hydroxylation sites is 3. The van der Waals surface area contributed by atoms with Gasteiger partial charge in [0, 0.05) is 36.9 Å². The van der Waals surface area contributed by atoms with Crippen LogP contribution in [0.1, 0.15) is 22.4 Å². The summed E-state index contributed by atoms with van der Waals surface area (Å²) in [6, 6.07) is 39.9. The Hall–Kier alpha value is -4.36. The van der Waals surface area contributed by atoms with Gasteiger partial charge in [-0.3, -0.25) is 4.98 Å². The van der Waals surface area contributed by atoms with E-state index in [-0.39, 0.29) is 20.1 Å². The number of imidazole rings is 1. The van der Waals surface area contributed by atoms with Crippen molar-refractivity contribution in [3.8, 4) is 28.3 Å². The minimum Gasteiger partial charge on any atom is -0.486 e. The quantitative estimate of drug-likeness (QED) is 0.131. The Labute approximate surface area is 304 Å². The Kier molecular flexibility index (Phi) is 9.77. The third kappa shape index (κ3) is 6.78. The van der Waals surface area contributed by atoms with E-state index in [1.807, 2.05) is 61.7 Å². The molecule has 0 aliphatic carbocycles. The van der Waals surface area contributed by atoms with Crippen molar-refractivity contribution in [2.24, 2.45) is 0 Å². The Morgan fingerprint density at radius 3 is 2.20 bits per heavy atom. The molecule has 8 aromatic rings. The van der Waals surface area contributed by atoms with Crippen molar-refractivity contribution in [3.05, 3.63) is 138 Å². The van der Waals surface area contributed by atoms with Gasteiger partial charge in [0.2, 0.25) is 5.71 Å². The third-order valence-corrected chi connectivity index (χ3v) is 13.1. The van der Waals surface area contributed by atoms with Gasteiger partial charge in [0.25, 0.3) is 0 Å². The minimum atomic E-state index is -1.73. The molecular weight excluding hydrogens is 841 g/mol. The molecule has 0 spiro atoms. The van der Waals surface area contributed by atoms with Crippen molar-refractivity contribution in [3.63, 3.8) is 0 Å². The first kappa shape index (κ1) is 34.5. The molecule has 0 atom stereocenters.